The van der Waals surface area contributed by atoms with E-state index in [1.165, 1.54) is 0 Å². The van der Waals surface area contributed by atoms with Crippen LogP contribution in [-0.2, 0) is 9.53 Å². The van der Waals surface area contributed by atoms with Crippen molar-refractivity contribution in [2.45, 2.75) is 19.4 Å². The highest BCUT2D eigenvalue weighted by molar-refractivity contribution is 6.01. The Balaban J connectivity index is 1.47. The van der Waals surface area contributed by atoms with Gasteiger partial charge in [0.05, 0.1) is 43.6 Å². The number of carbonyl (C=O) groups is 2. The van der Waals surface area contributed by atoms with Crippen molar-refractivity contribution < 1.29 is 19.2 Å². The first-order valence-corrected chi connectivity index (χ1v) is 10.1. The van der Waals surface area contributed by atoms with E-state index in [9.17, 15) is 9.59 Å². The molecule has 2 N–H and O–H groups in total. The van der Waals surface area contributed by atoms with Crippen LogP contribution in [0.25, 0.3) is 0 Å². The molecule has 1 aromatic rings. The molecule has 3 heterocycles. The van der Waals surface area contributed by atoms with E-state index >= 15 is 0 Å². The Kier molecular flexibility index (Phi) is 5.37. The first kappa shape index (κ1) is 19.0. The van der Waals surface area contributed by atoms with Gasteiger partial charge in [-0.05, 0) is 12.5 Å². The summed E-state index contributed by atoms with van der Waals surface area (Å²) in [6, 6.07) is 7.49. The fourth-order valence-corrected chi connectivity index (χ4v) is 4.24. The van der Waals surface area contributed by atoms with Crippen LogP contribution in [0, 0.1) is 6.92 Å². The Morgan fingerprint density at radius 1 is 1.18 bits per heavy atom. The Morgan fingerprint density at radius 2 is 1.89 bits per heavy atom. The van der Waals surface area contributed by atoms with Crippen LogP contribution in [0.2, 0.25) is 0 Å². The molecule has 0 spiro atoms. The summed E-state index contributed by atoms with van der Waals surface area (Å²) in [5.41, 5.74) is 3.65. The second-order valence-electron chi connectivity index (χ2n) is 7.91. The van der Waals surface area contributed by atoms with Crippen LogP contribution in [0.3, 0.4) is 0 Å². The average molecular weight is 385 g/mol. The number of ether oxygens (including phenoxy) is 1. The summed E-state index contributed by atoms with van der Waals surface area (Å²) >= 11 is 0. The van der Waals surface area contributed by atoms with Crippen LogP contribution in [0.1, 0.15) is 23.6 Å². The molecule has 0 aromatic heterocycles. The van der Waals surface area contributed by atoms with Crippen LogP contribution in [-0.4, -0.2) is 74.7 Å². The van der Waals surface area contributed by atoms with Gasteiger partial charge in [0, 0.05) is 20.0 Å². The number of likely N-dealkylation sites (N-methyl/N-ethyl adjacent to an activating group) is 1. The lowest BCUT2D eigenvalue weighted by atomic mass is 9.95. The van der Waals surface area contributed by atoms with Crippen LogP contribution in [0.4, 0.5) is 4.79 Å². The van der Waals surface area contributed by atoms with Gasteiger partial charge in [0.15, 0.2) is 0 Å². The summed E-state index contributed by atoms with van der Waals surface area (Å²) in [6.45, 7) is 8.04. The van der Waals surface area contributed by atoms with Gasteiger partial charge < -0.3 is 19.9 Å². The SMILES string of the molecule is Cc1ccc([C@H]2NC(=O)N(C)C3=C2C(=O)N(CCC[NH+]2CCOCC2)C3)cc1. The third-order valence-corrected chi connectivity index (χ3v) is 6.00. The van der Waals surface area contributed by atoms with E-state index in [4.69, 9.17) is 4.74 Å². The summed E-state index contributed by atoms with van der Waals surface area (Å²) < 4.78 is 5.41. The molecular formula is C21H29N4O3+. The molecule has 0 aliphatic carbocycles. The zero-order valence-electron chi connectivity index (χ0n) is 16.7. The molecule has 7 nitrogen and oxygen atoms in total. The molecule has 7 heteroatoms. The van der Waals surface area contributed by atoms with Gasteiger partial charge in [0.2, 0.25) is 0 Å². The fourth-order valence-electron chi connectivity index (χ4n) is 4.24. The number of urea groups is 1. The quantitative estimate of drug-likeness (QED) is 0.755. The zero-order chi connectivity index (χ0) is 19.7. The highest BCUT2D eigenvalue weighted by Gasteiger charge is 2.42. The van der Waals surface area contributed by atoms with E-state index in [2.05, 4.69) is 5.32 Å². The maximum Gasteiger partial charge on any atom is 0.322 e. The summed E-state index contributed by atoms with van der Waals surface area (Å²) in [5.74, 6) is 0.0457. The van der Waals surface area contributed by atoms with Gasteiger partial charge in [-0.15, -0.1) is 0 Å². The number of carbonyl (C=O) groups excluding carboxylic acids is 2. The number of hydrogen-bond acceptors (Lipinski definition) is 3. The van der Waals surface area contributed by atoms with Gasteiger partial charge in [-0.2, -0.15) is 0 Å². The van der Waals surface area contributed by atoms with Crippen molar-refractivity contribution in [1.82, 2.24) is 15.1 Å². The number of aryl methyl sites for hydroxylation is 1. The molecule has 4 rings (SSSR count). The predicted octanol–water partition coefficient (Wildman–Crippen LogP) is 0.0926. The molecule has 1 aromatic carbocycles. The Labute approximate surface area is 165 Å². The maximum atomic E-state index is 13.2. The molecule has 1 atom stereocenters. The molecular weight excluding hydrogens is 356 g/mol. The second-order valence-corrected chi connectivity index (χ2v) is 7.91. The van der Waals surface area contributed by atoms with Gasteiger partial charge >= 0.3 is 6.03 Å². The highest BCUT2D eigenvalue weighted by Crippen LogP contribution is 2.35. The number of morpholine rings is 1. The van der Waals surface area contributed by atoms with Crippen LogP contribution < -0.4 is 10.2 Å². The minimum atomic E-state index is -0.373. The number of rotatable bonds is 5. The first-order valence-electron chi connectivity index (χ1n) is 10.1. The first-order chi connectivity index (χ1) is 13.5. The van der Waals surface area contributed by atoms with E-state index in [1.807, 2.05) is 36.1 Å². The van der Waals surface area contributed by atoms with Crippen molar-refractivity contribution in [2.75, 3.05) is 53.0 Å². The number of nitrogens with one attached hydrogen (secondary N) is 2. The van der Waals surface area contributed by atoms with Crippen molar-refractivity contribution >= 4 is 11.9 Å². The number of nitrogens with zero attached hydrogens (tertiary/aromatic N) is 2. The van der Waals surface area contributed by atoms with Crippen molar-refractivity contribution in [2.24, 2.45) is 0 Å². The Morgan fingerprint density at radius 3 is 2.61 bits per heavy atom. The minimum absolute atomic E-state index is 0.0457. The summed E-state index contributed by atoms with van der Waals surface area (Å²) in [4.78, 5) is 30.7. The number of quaternary nitrogens is 1. The lowest BCUT2D eigenvalue weighted by Crippen LogP contribution is -3.14. The van der Waals surface area contributed by atoms with Crippen molar-refractivity contribution in [3.8, 4) is 0 Å². The minimum Gasteiger partial charge on any atom is -0.370 e. The lowest BCUT2D eigenvalue weighted by Gasteiger charge is -2.31. The number of benzene rings is 1. The molecule has 0 bridgehead atoms. The van der Waals surface area contributed by atoms with Gasteiger partial charge in [-0.1, -0.05) is 29.8 Å². The molecule has 1 fully saturated rings. The summed E-state index contributed by atoms with van der Waals surface area (Å²) in [6.07, 6.45) is 0.960. The van der Waals surface area contributed by atoms with Crippen molar-refractivity contribution in [3.05, 3.63) is 46.7 Å². The summed E-state index contributed by atoms with van der Waals surface area (Å²) in [7, 11) is 1.74. The Bertz CT molecular complexity index is 783. The van der Waals surface area contributed by atoms with E-state index in [-0.39, 0.29) is 18.0 Å². The predicted molar refractivity (Wildman–Crippen MR) is 105 cm³/mol. The van der Waals surface area contributed by atoms with Gasteiger partial charge in [-0.3, -0.25) is 9.69 Å². The number of hydrogen-bond donors (Lipinski definition) is 2. The third kappa shape index (κ3) is 3.64. The van der Waals surface area contributed by atoms with E-state index in [1.54, 1.807) is 16.8 Å². The molecule has 0 unspecified atom stereocenters. The van der Waals surface area contributed by atoms with Crippen LogP contribution in [0.5, 0.6) is 0 Å². The summed E-state index contributed by atoms with van der Waals surface area (Å²) in [5, 5.41) is 3.00. The normalized spacial score (nSPS) is 23.3. The molecule has 0 saturated carbocycles. The van der Waals surface area contributed by atoms with Gasteiger partial charge in [-0.25, -0.2) is 4.79 Å². The smallest absolute Gasteiger partial charge is 0.322 e. The molecule has 0 radical (unpaired) electrons. The van der Waals surface area contributed by atoms with Gasteiger partial charge in [0.25, 0.3) is 5.91 Å². The lowest BCUT2D eigenvalue weighted by molar-refractivity contribution is -0.908. The van der Waals surface area contributed by atoms with Crippen LogP contribution in [0.15, 0.2) is 35.5 Å². The highest BCUT2D eigenvalue weighted by atomic mass is 16.5. The molecule has 3 aliphatic heterocycles. The van der Waals surface area contributed by atoms with Crippen LogP contribution >= 0.6 is 0 Å². The third-order valence-electron chi connectivity index (χ3n) is 6.00. The number of amides is 3. The molecule has 28 heavy (non-hydrogen) atoms. The standard InChI is InChI=1S/C21H28N4O3/c1-15-4-6-16(7-5-15)19-18-17(23(2)21(27)22-19)14-25(20(18)26)9-3-8-24-10-12-28-13-11-24/h4-7,19H,3,8-14H2,1-2H3,(H,22,27)/p+1/t19-/m1/s1. The van der Waals surface area contributed by atoms with E-state index in [0.717, 1.165) is 62.6 Å². The molecule has 3 amide bonds. The Hall–Kier alpha value is -2.38. The van der Waals surface area contributed by atoms with Gasteiger partial charge in [0.1, 0.15) is 13.1 Å². The largest absolute Gasteiger partial charge is 0.370 e. The maximum absolute atomic E-state index is 13.2. The topological polar surface area (TPSA) is 66.3 Å². The molecule has 1 saturated heterocycles. The average Bonchev–Trinajstić information content (AvgIpc) is 3.03. The van der Waals surface area contributed by atoms with E-state index in [0.29, 0.717) is 12.1 Å². The van der Waals surface area contributed by atoms with Crippen molar-refractivity contribution in [3.63, 3.8) is 0 Å². The zero-order valence-corrected chi connectivity index (χ0v) is 16.7. The van der Waals surface area contributed by atoms with Crippen molar-refractivity contribution in [1.29, 1.82) is 0 Å². The monoisotopic (exact) mass is 385 g/mol. The second kappa shape index (κ2) is 7.93. The molecule has 150 valence electrons. The fraction of sp³-hybridized carbons (Fsp3) is 0.524. The molecule has 3 aliphatic rings. The van der Waals surface area contributed by atoms with E-state index < -0.39 is 0 Å².